The van der Waals surface area contributed by atoms with E-state index in [4.69, 9.17) is 0 Å². The lowest BCUT2D eigenvalue weighted by atomic mass is 9.94. The first-order valence-electron chi connectivity index (χ1n) is 7.11. The van der Waals surface area contributed by atoms with Gasteiger partial charge in [-0.3, -0.25) is 4.79 Å². The lowest BCUT2D eigenvalue weighted by molar-refractivity contribution is -0.122. The summed E-state index contributed by atoms with van der Waals surface area (Å²) in [6, 6.07) is 8.63. The number of nitrogens with one attached hydrogen (secondary N) is 2. The second kappa shape index (κ2) is 7.95. The first-order chi connectivity index (χ1) is 9.08. The Bertz CT molecular complexity index is 384. The smallest absolute Gasteiger partial charge is 0.221 e. The van der Waals surface area contributed by atoms with Crippen LogP contribution < -0.4 is 10.6 Å². The van der Waals surface area contributed by atoms with Crippen molar-refractivity contribution in [1.29, 1.82) is 0 Å². The van der Waals surface area contributed by atoms with Crippen LogP contribution in [0.4, 0.5) is 0 Å². The number of hydrogen-bond acceptors (Lipinski definition) is 2. The van der Waals surface area contributed by atoms with E-state index in [9.17, 15) is 4.79 Å². The molecular weight excluding hydrogens is 236 g/mol. The molecule has 1 rings (SSSR count). The molecule has 19 heavy (non-hydrogen) atoms. The molecule has 0 saturated heterocycles. The van der Waals surface area contributed by atoms with Gasteiger partial charge in [-0.15, -0.1) is 0 Å². The molecule has 0 radical (unpaired) electrons. The monoisotopic (exact) mass is 262 g/mol. The first kappa shape index (κ1) is 15.7. The van der Waals surface area contributed by atoms with Crippen LogP contribution in [0.1, 0.15) is 44.4 Å². The maximum absolute atomic E-state index is 11.9. The molecule has 3 heteroatoms. The first-order valence-corrected chi connectivity index (χ1v) is 7.11. The van der Waals surface area contributed by atoms with Crippen molar-refractivity contribution >= 4 is 5.91 Å². The summed E-state index contributed by atoms with van der Waals surface area (Å²) in [6.45, 7) is 7.13. The Morgan fingerprint density at radius 2 is 1.84 bits per heavy atom. The molecule has 1 amide bonds. The fraction of sp³-hybridized carbons (Fsp3) is 0.562. The molecule has 0 aliphatic rings. The van der Waals surface area contributed by atoms with Crippen LogP contribution in [-0.2, 0) is 11.2 Å². The van der Waals surface area contributed by atoms with E-state index < -0.39 is 0 Å². The molecule has 0 aliphatic carbocycles. The van der Waals surface area contributed by atoms with E-state index in [-0.39, 0.29) is 11.9 Å². The van der Waals surface area contributed by atoms with Gasteiger partial charge in [0.05, 0.1) is 6.04 Å². The van der Waals surface area contributed by atoms with Gasteiger partial charge in [-0.25, -0.2) is 0 Å². The fourth-order valence-corrected chi connectivity index (χ4v) is 2.08. The van der Waals surface area contributed by atoms with Gasteiger partial charge in [-0.1, -0.05) is 45.0 Å². The molecule has 0 aliphatic heterocycles. The third-order valence-electron chi connectivity index (χ3n) is 3.33. The summed E-state index contributed by atoms with van der Waals surface area (Å²) in [6.07, 6.45) is 1.56. The molecule has 1 aromatic carbocycles. The maximum Gasteiger partial charge on any atom is 0.221 e. The average molecular weight is 262 g/mol. The number of benzene rings is 1. The van der Waals surface area contributed by atoms with Crippen molar-refractivity contribution in [3.63, 3.8) is 0 Å². The molecule has 0 fully saturated rings. The van der Waals surface area contributed by atoms with Crippen molar-refractivity contribution < 1.29 is 4.79 Å². The van der Waals surface area contributed by atoms with Gasteiger partial charge in [0.1, 0.15) is 0 Å². The zero-order valence-electron chi connectivity index (χ0n) is 12.5. The number of carbonyl (C=O) groups excluding carboxylic acids is 1. The molecule has 0 aromatic heterocycles. The fourth-order valence-electron chi connectivity index (χ4n) is 2.08. The minimum atomic E-state index is 0.0928. The lowest BCUT2D eigenvalue weighted by Gasteiger charge is -2.23. The Hall–Kier alpha value is -1.35. The molecule has 1 aromatic rings. The highest BCUT2D eigenvalue weighted by Gasteiger charge is 2.17. The summed E-state index contributed by atoms with van der Waals surface area (Å²) < 4.78 is 0. The van der Waals surface area contributed by atoms with Crippen molar-refractivity contribution in [3.05, 3.63) is 35.4 Å². The SMILES string of the molecule is CCc1ccc(C(NC(=O)CCNC)C(C)C)cc1. The highest BCUT2D eigenvalue weighted by molar-refractivity contribution is 5.76. The van der Waals surface area contributed by atoms with Gasteiger partial charge in [-0.2, -0.15) is 0 Å². The average Bonchev–Trinajstić information content (AvgIpc) is 2.42. The van der Waals surface area contributed by atoms with Crippen LogP contribution in [0.5, 0.6) is 0 Å². The van der Waals surface area contributed by atoms with E-state index in [0.29, 0.717) is 18.9 Å². The number of aryl methyl sites for hydroxylation is 1. The number of amides is 1. The second-order valence-corrected chi connectivity index (χ2v) is 5.24. The largest absolute Gasteiger partial charge is 0.349 e. The summed E-state index contributed by atoms with van der Waals surface area (Å²) in [5, 5.41) is 6.12. The Morgan fingerprint density at radius 3 is 2.32 bits per heavy atom. The van der Waals surface area contributed by atoms with Gasteiger partial charge in [-0.05, 0) is 30.5 Å². The predicted molar refractivity (Wildman–Crippen MR) is 80.1 cm³/mol. The van der Waals surface area contributed by atoms with Gasteiger partial charge >= 0.3 is 0 Å². The second-order valence-electron chi connectivity index (χ2n) is 5.24. The third kappa shape index (κ3) is 5.03. The zero-order valence-corrected chi connectivity index (χ0v) is 12.5. The molecular formula is C16H26N2O. The summed E-state index contributed by atoms with van der Waals surface area (Å²) in [7, 11) is 1.86. The van der Waals surface area contributed by atoms with Crippen LogP contribution in [0.3, 0.4) is 0 Å². The molecule has 0 heterocycles. The van der Waals surface area contributed by atoms with E-state index in [1.165, 1.54) is 11.1 Å². The number of hydrogen-bond donors (Lipinski definition) is 2. The van der Waals surface area contributed by atoms with E-state index in [2.05, 4.69) is 55.7 Å². The van der Waals surface area contributed by atoms with Crippen LogP contribution in [0.15, 0.2) is 24.3 Å². The van der Waals surface area contributed by atoms with Crippen molar-refractivity contribution in [2.75, 3.05) is 13.6 Å². The molecule has 1 atom stereocenters. The summed E-state index contributed by atoms with van der Waals surface area (Å²) in [5.41, 5.74) is 2.51. The van der Waals surface area contributed by atoms with Crippen LogP contribution in [0, 0.1) is 5.92 Å². The predicted octanol–water partition coefficient (Wildman–Crippen LogP) is 2.67. The maximum atomic E-state index is 11.9. The molecule has 106 valence electrons. The van der Waals surface area contributed by atoms with Gasteiger partial charge in [0.15, 0.2) is 0 Å². The van der Waals surface area contributed by atoms with Crippen LogP contribution in [0.2, 0.25) is 0 Å². The Balaban J connectivity index is 2.73. The lowest BCUT2D eigenvalue weighted by Crippen LogP contribution is -2.33. The van der Waals surface area contributed by atoms with Gasteiger partial charge in [0.2, 0.25) is 5.91 Å². The van der Waals surface area contributed by atoms with Gasteiger partial charge in [0, 0.05) is 13.0 Å². The quantitative estimate of drug-likeness (QED) is 0.793. The minimum absolute atomic E-state index is 0.0928. The summed E-state index contributed by atoms with van der Waals surface area (Å²) >= 11 is 0. The van der Waals surface area contributed by atoms with Crippen molar-refractivity contribution in [2.45, 2.75) is 39.7 Å². The molecule has 3 nitrogen and oxygen atoms in total. The van der Waals surface area contributed by atoms with Crippen LogP contribution in [0.25, 0.3) is 0 Å². The molecule has 0 spiro atoms. The van der Waals surface area contributed by atoms with Crippen molar-refractivity contribution in [1.82, 2.24) is 10.6 Å². The van der Waals surface area contributed by atoms with Gasteiger partial charge in [0.25, 0.3) is 0 Å². The zero-order chi connectivity index (χ0) is 14.3. The highest BCUT2D eigenvalue weighted by atomic mass is 16.1. The summed E-state index contributed by atoms with van der Waals surface area (Å²) in [5.74, 6) is 0.485. The Labute approximate surface area is 116 Å². The topological polar surface area (TPSA) is 41.1 Å². The molecule has 2 N–H and O–H groups in total. The van der Waals surface area contributed by atoms with E-state index in [1.807, 2.05) is 7.05 Å². The Morgan fingerprint density at radius 1 is 1.21 bits per heavy atom. The van der Waals surface area contributed by atoms with E-state index in [1.54, 1.807) is 0 Å². The normalized spacial score (nSPS) is 12.5. The molecule has 1 unspecified atom stereocenters. The number of rotatable bonds is 7. The van der Waals surface area contributed by atoms with Gasteiger partial charge < -0.3 is 10.6 Å². The number of carbonyl (C=O) groups is 1. The Kier molecular flexibility index (Phi) is 6.57. The molecule has 0 bridgehead atoms. The van der Waals surface area contributed by atoms with E-state index in [0.717, 1.165) is 6.42 Å². The van der Waals surface area contributed by atoms with E-state index >= 15 is 0 Å². The minimum Gasteiger partial charge on any atom is -0.349 e. The third-order valence-corrected chi connectivity index (χ3v) is 3.33. The van der Waals surface area contributed by atoms with Crippen LogP contribution in [-0.4, -0.2) is 19.5 Å². The van der Waals surface area contributed by atoms with Crippen molar-refractivity contribution in [3.8, 4) is 0 Å². The molecule has 0 saturated carbocycles. The van der Waals surface area contributed by atoms with Crippen molar-refractivity contribution in [2.24, 2.45) is 5.92 Å². The summed E-state index contributed by atoms with van der Waals surface area (Å²) in [4.78, 5) is 11.9. The highest BCUT2D eigenvalue weighted by Crippen LogP contribution is 2.22. The van der Waals surface area contributed by atoms with Crippen LogP contribution >= 0.6 is 0 Å². The standard InChI is InChI=1S/C16H26N2O/c1-5-13-6-8-14(9-7-13)16(12(2)3)18-15(19)10-11-17-4/h6-9,12,16-17H,5,10-11H2,1-4H3,(H,18,19).